The molecule has 128 valence electrons. The lowest BCUT2D eigenvalue weighted by Crippen LogP contribution is -2.56. The van der Waals surface area contributed by atoms with Crippen LogP contribution in [0.2, 0.25) is 5.02 Å². The van der Waals surface area contributed by atoms with Crippen molar-refractivity contribution in [3.05, 3.63) is 23.2 Å². The van der Waals surface area contributed by atoms with E-state index in [4.69, 9.17) is 11.6 Å². The molecule has 0 unspecified atom stereocenters. The van der Waals surface area contributed by atoms with Crippen LogP contribution in [-0.4, -0.2) is 35.2 Å². The van der Waals surface area contributed by atoms with Crippen LogP contribution in [-0.2, 0) is 14.4 Å². The van der Waals surface area contributed by atoms with Crippen LogP contribution < -0.4 is 15.5 Å². The molecule has 2 N–H and O–H groups in total. The second kappa shape index (κ2) is 6.29. The Labute approximate surface area is 149 Å². The molecule has 6 nitrogen and oxygen atoms in total. The lowest BCUT2D eigenvalue weighted by atomic mass is 10.1. The third kappa shape index (κ3) is 2.65. The Morgan fingerprint density at radius 2 is 2.21 bits per heavy atom. The molecule has 3 rings (SSSR count). The molecule has 3 amide bonds. The number of fused-ring (bicyclic) bond motifs is 3. The topological polar surface area (TPSA) is 78.5 Å². The lowest BCUT2D eigenvalue weighted by molar-refractivity contribution is -0.130. The summed E-state index contributed by atoms with van der Waals surface area (Å²) in [5.74, 6) is -0.685. The van der Waals surface area contributed by atoms with Crippen molar-refractivity contribution in [3.63, 3.8) is 0 Å². The van der Waals surface area contributed by atoms with Crippen LogP contribution in [0.25, 0.3) is 0 Å². The van der Waals surface area contributed by atoms with Crippen LogP contribution >= 0.6 is 23.4 Å². The number of carbonyl (C=O) groups excluding carboxylic acids is 3. The molecule has 2 aliphatic heterocycles. The molecule has 1 aromatic carbocycles. The van der Waals surface area contributed by atoms with Crippen molar-refractivity contribution in [2.24, 2.45) is 0 Å². The second-order valence-corrected chi connectivity index (χ2v) is 7.57. The van der Waals surface area contributed by atoms with Crippen molar-refractivity contribution < 1.29 is 14.4 Å². The number of hydrogen-bond donors (Lipinski definition) is 2. The van der Waals surface area contributed by atoms with Gasteiger partial charge < -0.3 is 10.6 Å². The Kier molecular flexibility index (Phi) is 4.48. The van der Waals surface area contributed by atoms with E-state index >= 15 is 0 Å². The van der Waals surface area contributed by atoms with E-state index in [1.165, 1.54) is 16.7 Å². The van der Waals surface area contributed by atoms with Crippen molar-refractivity contribution >= 4 is 46.8 Å². The number of amides is 3. The van der Waals surface area contributed by atoms with Gasteiger partial charge in [-0.05, 0) is 38.5 Å². The van der Waals surface area contributed by atoms with Crippen LogP contribution in [0.15, 0.2) is 23.1 Å². The van der Waals surface area contributed by atoms with Gasteiger partial charge in [0.2, 0.25) is 11.8 Å². The van der Waals surface area contributed by atoms with Crippen molar-refractivity contribution in [1.82, 2.24) is 10.6 Å². The highest BCUT2D eigenvalue weighted by atomic mass is 35.5. The number of benzene rings is 1. The van der Waals surface area contributed by atoms with Crippen molar-refractivity contribution in [3.8, 4) is 0 Å². The van der Waals surface area contributed by atoms with Crippen molar-refractivity contribution in [2.75, 3.05) is 11.4 Å². The Balaban J connectivity index is 1.88. The minimum atomic E-state index is -1.04. The van der Waals surface area contributed by atoms with Gasteiger partial charge in [0, 0.05) is 22.9 Å². The number of likely N-dealkylation sites (N-methyl/N-ethyl adjacent to an activating group) is 1. The maximum absolute atomic E-state index is 12.9. The van der Waals surface area contributed by atoms with Gasteiger partial charge in [-0.2, -0.15) is 0 Å². The number of carbonyl (C=O) groups is 3. The Morgan fingerprint density at radius 1 is 1.46 bits per heavy atom. The summed E-state index contributed by atoms with van der Waals surface area (Å²) in [4.78, 5) is 38.5. The summed E-state index contributed by atoms with van der Waals surface area (Å²) in [6.45, 7) is 3.94. The third-order valence-corrected chi connectivity index (χ3v) is 5.89. The second-order valence-electron chi connectivity index (χ2n) is 5.82. The fraction of sp³-hybridized carbons (Fsp3) is 0.438. The summed E-state index contributed by atoms with van der Waals surface area (Å²) in [7, 11) is 0. The molecule has 1 fully saturated rings. The first kappa shape index (κ1) is 17.1. The molecule has 2 aliphatic rings. The van der Waals surface area contributed by atoms with Gasteiger partial charge in [0.25, 0.3) is 5.91 Å². The normalized spacial score (nSPS) is 22.8. The van der Waals surface area contributed by atoms with E-state index in [2.05, 4.69) is 10.6 Å². The van der Waals surface area contributed by atoms with E-state index in [-0.39, 0.29) is 17.7 Å². The largest absolute Gasteiger partial charge is 0.355 e. The van der Waals surface area contributed by atoms with E-state index < -0.39 is 10.9 Å². The van der Waals surface area contributed by atoms with Crippen LogP contribution in [0.3, 0.4) is 0 Å². The van der Waals surface area contributed by atoms with E-state index in [1.54, 1.807) is 19.1 Å². The fourth-order valence-electron chi connectivity index (χ4n) is 3.02. The molecule has 1 saturated heterocycles. The van der Waals surface area contributed by atoms with E-state index in [1.807, 2.05) is 13.0 Å². The molecule has 2 heterocycles. The van der Waals surface area contributed by atoms with E-state index in [9.17, 15) is 14.4 Å². The Hall–Kier alpha value is -1.73. The SMILES string of the molecule is CCNC(=O)[C@@H](C)NC(=O)[C@@]12CCC(=O)N1c1cc(Cl)ccc1S2. The van der Waals surface area contributed by atoms with Crippen molar-refractivity contribution in [1.29, 1.82) is 0 Å². The highest BCUT2D eigenvalue weighted by Gasteiger charge is 2.57. The van der Waals surface area contributed by atoms with Gasteiger partial charge in [-0.15, -0.1) is 0 Å². The third-order valence-electron chi connectivity index (χ3n) is 4.18. The molecule has 24 heavy (non-hydrogen) atoms. The average Bonchev–Trinajstić information content (AvgIpc) is 3.04. The van der Waals surface area contributed by atoms with Gasteiger partial charge in [0.1, 0.15) is 6.04 Å². The van der Waals surface area contributed by atoms with Crippen LogP contribution in [0.4, 0.5) is 5.69 Å². The maximum atomic E-state index is 12.9. The van der Waals surface area contributed by atoms with Crippen LogP contribution in [0, 0.1) is 0 Å². The molecule has 0 aliphatic carbocycles. The molecule has 1 aromatic rings. The summed E-state index contributed by atoms with van der Waals surface area (Å²) in [6, 6.07) is 4.59. The van der Waals surface area contributed by atoms with E-state index in [0.717, 1.165) is 4.90 Å². The maximum Gasteiger partial charge on any atom is 0.257 e. The monoisotopic (exact) mass is 367 g/mol. The first-order chi connectivity index (χ1) is 11.4. The molecule has 2 atom stereocenters. The number of nitrogens with one attached hydrogen (secondary N) is 2. The predicted octanol–water partition coefficient (Wildman–Crippen LogP) is 1.91. The highest BCUT2D eigenvalue weighted by Crippen LogP contribution is 2.56. The zero-order valence-corrected chi connectivity index (χ0v) is 15.0. The number of nitrogens with zero attached hydrogens (tertiary/aromatic N) is 1. The van der Waals surface area contributed by atoms with Crippen LogP contribution in [0.1, 0.15) is 26.7 Å². The molecule has 8 heteroatoms. The summed E-state index contributed by atoms with van der Waals surface area (Å²) in [6.07, 6.45) is 0.693. The number of hydrogen-bond acceptors (Lipinski definition) is 4. The number of halogens is 1. The summed E-state index contributed by atoms with van der Waals surface area (Å²) in [5.41, 5.74) is 0.663. The zero-order chi connectivity index (χ0) is 17.5. The molecule has 0 saturated carbocycles. The molecule has 0 bridgehead atoms. The smallest absolute Gasteiger partial charge is 0.257 e. The number of rotatable bonds is 4. The Bertz CT molecular complexity index is 727. The Morgan fingerprint density at radius 3 is 2.92 bits per heavy atom. The highest BCUT2D eigenvalue weighted by molar-refractivity contribution is 8.02. The zero-order valence-electron chi connectivity index (χ0n) is 13.4. The molecular weight excluding hydrogens is 350 g/mol. The molecule has 0 radical (unpaired) electrons. The van der Waals surface area contributed by atoms with Gasteiger partial charge in [0.05, 0.1) is 5.69 Å². The molecular formula is C16H18ClN3O3S. The summed E-state index contributed by atoms with van der Waals surface area (Å²) < 4.78 is 0. The van der Waals surface area contributed by atoms with Crippen LogP contribution in [0.5, 0.6) is 0 Å². The first-order valence-corrected chi connectivity index (χ1v) is 8.99. The van der Waals surface area contributed by atoms with Gasteiger partial charge in [0.15, 0.2) is 4.87 Å². The first-order valence-electron chi connectivity index (χ1n) is 7.79. The summed E-state index contributed by atoms with van der Waals surface area (Å²) in [5, 5.41) is 5.93. The minimum absolute atomic E-state index is 0.107. The minimum Gasteiger partial charge on any atom is -0.355 e. The fourth-order valence-corrected chi connectivity index (χ4v) is 4.59. The lowest BCUT2D eigenvalue weighted by Gasteiger charge is -2.30. The predicted molar refractivity (Wildman–Crippen MR) is 93.0 cm³/mol. The quantitative estimate of drug-likeness (QED) is 0.852. The average molecular weight is 368 g/mol. The van der Waals surface area contributed by atoms with Crippen molar-refractivity contribution in [2.45, 2.75) is 42.5 Å². The molecule has 0 aromatic heterocycles. The van der Waals surface area contributed by atoms with Gasteiger partial charge in [-0.1, -0.05) is 23.4 Å². The van der Waals surface area contributed by atoms with Gasteiger partial charge in [-0.25, -0.2) is 0 Å². The molecule has 0 spiro atoms. The number of anilines is 1. The van der Waals surface area contributed by atoms with E-state index in [0.29, 0.717) is 30.1 Å². The summed E-state index contributed by atoms with van der Waals surface area (Å²) >= 11 is 7.39. The van der Waals surface area contributed by atoms with Gasteiger partial charge >= 0.3 is 0 Å². The van der Waals surface area contributed by atoms with Gasteiger partial charge in [-0.3, -0.25) is 19.3 Å². The standard InChI is InChI=1S/C16H18ClN3O3S/c1-3-18-14(22)9(2)19-15(23)16-7-6-13(21)20(16)11-8-10(17)4-5-12(11)24-16/h4-5,8-9H,3,6-7H2,1-2H3,(H,18,22)(H,19,23)/t9-,16+/m1/s1. The number of thioether (sulfide) groups is 1.